The van der Waals surface area contributed by atoms with Crippen LogP contribution in [0.25, 0.3) is 0 Å². The predicted octanol–water partition coefficient (Wildman–Crippen LogP) is 2.27. The van der Waals surface area contributed by atoms with E-state index in [2.05, 4.69) is 0 Å². The molecule has 0 unspecified atom stereocenters. The Hall–Kier alpha value is -2.76. The van der Waals surface area contributed by atoms with E-state index in [0.29, 0.717) is 11.1 Å². The highest BCUT2D eigenvalue weighted by molar-refractivity contribution is 7.15. The van der Waals surface area contributed by atoms with E-state index < -0.39 is 0 Å². The van der Waals surface area contributed by atoms with Crippen LogP contribution in [0.2, 0.25) is 0 Å². The molecule has 0 saturated carbocycles. The molecule has 1 aliphatic carbocycles. The van der Waals surface area contributed by atoms with Crippen LogP contribution in [0.5, 0.6) is 0 Å². The minimum absolute atomic E-state index is 0.00959. The van der Waals surface area contributed by atoms with Crippen LogP contribution in [0.15, 0.2) is 24.3 Å². The molecule has 0 spiro atoms. The topological polar surface area (TPSA) is 81.7 Å². The lowest BCUT2D eigenvalue weighted by atomic mass is 9.87. The quantitative estimate of drug-likeness (QED) is 0.623. The van der Waals surface area contributed by atoms with E-state index in [-0.39, 0.29) is 32.4 Å². The minimum atomic E-state index is -0.362. The maximum atomic E-state index is 12.4. The van der Waals surface area contributed by atoms with Gasteiger partial charge in [0, 0.05) is 11.1 Å². The number of ketones is 2. The molecule has 3 rings (SSSR count). The Bertz CT molecular complexity index is 834. The molecule has 0 fully saturated rings. The van der Waals surface area contributed by atoms with Gasteiger partial charge in [0.25, 0.3) is 0 Å². The molecule has 1 aromatic carbocycles. The van der Waals surface area contributed by atoms with Crippen molar-refractivity contribution in [2.75, 3.05) is 0 Å². The van der Waals surface area contributed by atoms with E-state index in [0.717, 1.165) is 11.3 Å². The van der Waals surface area contributed by atoms with Crippen LogP contribution in [0.4, 0.5) is 0 Å². The van der Waals surface area contributed by atoms with E-state index in [1.807, 2.05) is 12.1 Å². The standard InChI is InChI=1S/C14H4N2O2S/c15-5-9-10(6-16)19-14-11(9)12(17)7-3-1-2-4-8(7)13(14)18/h1-4H. The van der Waals surface area contributed by atoms with Crippen molar-refractivity contribution in [1.82, 2.24) is 0 Å². The average Bonchev–Trinajstić information content (AvgIpc) is 2.83. The van der Waals surface area contributed by atoms with E-state index in [1.165, 1.54) is 0 Å². The molecule has 0 bridgehead atoms. The number of rotatable bonds is 0. The molecular weight excluding hydrogens is 260 g/mol. The summed E-state index contributed by atoms with van der Waals surface area (Å²) in [5.74, 6) is -0.660. The van der Waals surface area contributed by atoms with Crippen LogP contribution in [0, 0.1) is 22.7 Å². The zero-order valence-corrected chi connectivity index (χ0v) is 10.2. The molecule has 0 aliphatic heterocycles. The SMILES string of the molecule is N#Cc1sc2c(c1C#N)C(=O)c1ccccc1C2=O. The number of hydrogen-bond acceptors (Lipinski definition) is 5. The number of nitrogens with zero attached hydrogens (tertiary/aromatic N) is 2. The van der Waals surface area contributed by atoms with Crippen molar-refractivity contribution < 1.29 is 9.59 Å². The van der Waals surface area contributed by atoms with Gasteiger partial charge in [-0.1, -0.05) is 24.3 Å². The number of hydrogen-bond donors (Lipinski definition) is 0. The number of carbonyl (C=O) groups excluding carboxylic acids is 2. The lowest BCUT2D eigenvalue weighted by Crippen LogP contribution is -2.19. The molecule has 5 heteroatoms. The number of thiophene rings is 1. The minimum Gasteiger partial charge on any atom is -0.288 e. The Morgan fingerprint density at radius 3 is 2.16 bits per heavy atom. The van der Waals surface area contributed by atoms with Crippen molar-refractivity contribution in [2.45, 2.75) is 0 Å². The van der Waals surface area contributed by atoms with Crippen molar-refractivity contribution in [3.63, 3.8) is 0 Å². The van der Waals surface area contributed by atoms with Gasteiger partial charge in [0.1, 0.15) is 17.0 Å². The van der Waals surface area contributed by atoms with Crippen molar-refractivity contribution in [3.8, 4) is 12.1 Å². The lowest BCUT2D eigenvalue weighted by molar-refractivity contribution is 0.0982. The molecular formula is C14H4N2O2S. The van der Waals surface area contributed by atoms with Gasteiger partial charge in [-0.3, -0.25) is 9.59 Å². The highest BCUT2D eigenvalue weighted by Gasteiger charge is 2.35. The summed E-state index contributed by atoms with van der Waals surface area (Å²) in [4.78, 5) is 25.0. The van der Waals surface area contributed by atoms with Gasteiger partial charge >= 0.3 is 0 Å². The lowest BCUT2D eigenvalue weighted by Gasteiger charge is -2.13. The molecule has 19 heavy (non-hydrogen) atoms. The summed E-state index contributed by atoms with van der Waals surface area (Å²) >= 11 is 0.908. The number of carbonyl (C=O) groups is 2. The second kappa shape index (κ2) is 3.88. The number of fused-ring (bicyclic) bond motifs is 2. The molecule has 4 nitrogen and oxygen atoms in total. The van der Waals surface area contributed by atoms with E-state index in [9.17, 15) is 9.59 Å². The van der Waals surface area contributed by atoms with Crippen molar-refractivity contribution >= 4 is 22.9 Å². The Morgan fingerprint density at radius 2 is 1.58 bits per heavy atom. The van der Waals surface area contributed by atoms with Crippen LogP contribution >= 0.6 is 11.3 Å². The molecule has 0 N–H and O–H groups in total. The van der Waals surface area contributed by atoms with Crippen LogP contribution in [0.1, 0.15) is 41.6 Å². The summed E-state index contributed by atoms with van der Waals surface area (Å²) in [6.07, 6.45) is 0. The zero-order chi connectivity index (χ0) is 13.6. The first-order valence-corrected chi connectivity index (χ1v) is 6.16. The van der Waals surface area contributed by atoms with Crippen molar-refractivity contribution in [1.29, 1.82) is 10.5 Å². The van der Waals surface area contributed by atoms with Crippen LogP contribution in [-0.2, 0) is 0 Å². The van der Waals surface area contributed by atoms with Gasteiger partial charge in [-0.2, -0.15) is 10.5 Å². The summed E-state index contributed by atoms with van der Waals surface area (Å²) in [5.41, 5.74) is 0.706. The second-order valence-electron chi connectivity index (χ2n) is 3.94. The summed E-state index contributed by atoms with van der Waals surface area (Å²) < 4.78 is 0. The van der Waals surface area contributed by atoms with Crippen molar-refractivity contribution in [3.05, 3.63) is 56.3 Å². The van der Waals surface area contributed by atoms with Gasteiger partial charge in [0.05, 0.1) is 16.0 Å². The largest absolute Gasteiger partial charge is 0.288 e. The number of nitriles is 2. The third-order valence-corrected chi connectivity index (χ3v) is 4.06. The van der Waals surface area contributed by atoms with Gasteiger partial charge < -0.3 is 0 Å². The van der Waals surface area contributed by atoms with E-state index in [4.69, 9.17) is 10.5 Å². The smallest absolute Gasteiger partial charge is 0.204 e. The Balaban J connectivity index is 2.40. The number of benzene rings is 1. The molecule has 0 amide bonds. The van der Waals surface area contributed by atoms with Crippen LogP contribution in [0.3, 0.4) is 0 Å². The molecule has 0 saturated heterocycles. The average molecular weight is 264 g/mol. The van der Waals surface area contributed by atoms with Gasteiger partial charge in [0.2, 0.25) is 5.78 Å². The van der Waals surface area contributed by atoms with Gasteiger partial charge in [0.15, 0.2) is 5.78 Å². The van der Waals surface area contributed by atoms with E-state index >= 15 is 0 Å². The van der Waals surface area contributed by atoms with Gasteiger partial charge in [-0.05, 0) is 0 Å². The normalized spacial score (nSPS) is 12.3. The summed E-state index contributed by atoms with van der Waals surface area (Å²) in [7, 11) is 0. The summed E-state index contributed by atoms with van der Waals surface area (Å²) in [5, 5.41) is 18.1. The predicted molar refractivity (Wildman–Crippen MR) is 67.1 cm³/mol. The van der Waals surface area contributed by atoms with Crippen molar-refractivity contribution in [2.24, 2.45) is 0 Å². The molecule has 1 heterocycles. The Morgan fingerprint density at radius 1 is 0.947 bits per heavy atom. The maximum Gasteiger partial charge on any atom is 0.204 e. The van der Waals surface area contributed by atoms with Crippen LogP contribution in [-0.4, -0.2) is 11.6 Å². The third-order valence-electron chi connectivity index (χ3n) is 2.97. The first kappa shape index (κ1) is 11.3. The fourth-order valence-corrected chi connectivity index (χ4v) is 3.13. The monoisotopic (exact) mass is 264 g/mol. The fraction of sp³-hybridized carbons (Fsp3) is 0. The highest BCUT2D eigenvalue weighted by atomic mass is 32.1. The Labute approximate surface area is 112 Å². The maximum absolute atomic E-state index is 12.4. The second-order valence-corrected chi connectivity index (χ2v) is 4.96. The van der Waals surface area contributed by atoms with E-state index in [1.54, 1.807) is 24.3 Å². The third kappa shape index (κ3) is 1.36. The first-order chi connectivity index (χ1) is 9.19. The molecule has 0 radical (unpaired) electrons. The zero-order valence-electron chi connectivity index (χ0n) is 9.43. The van der Waals surface area contributed by atoms with Crippen LogP contribution < -0.4 is 0 Å². The van der Waals surface area contributed by atoms with Gasteiger partial charge in [-0.25, -0.2) is 0 Å². The fourth-order valence-electron chi connectivity index (χ4n) is 2.13. The molecule has 0 atom stereocenters. The molecule has 1 aromatic heterocycles. The summed E-state index contributed by atoms with van der Waals surface area (Å²) in [6, 6.07) is 10.2. The van der Waals surface area contributed by atoms with Gasteiger partial charge in [-0.15, -0.1) is 11.3 Å². The summed E-state index contributed by atoms with van der Waals surface area (Å²) in [6.45, 7) is 0. The Kier molecular flexibility index (Phi) is 2.31. The molecule has 88 valence electrons. The molecule has 1 aliphatic rings. The first-order valence-electron chi connectivity index (χ1n) is 5.34. The highest BCUT2D eigenvalue weighted by Crippen LogP contribution is 2.36. The molecule has 2 aromatic rings.